The molecule has 5 heteroatoms. The van der Waals surface area contributed by atoms with Crippen molar-refractivity contribution in [3.8, 4) is 11.5 Å². The van der Waals surface area contributed by atoms with Crippen LogP contribution in [0.3, 0.4) is 0 Å². The number of aromatic amines is 1. The normalized spacial score (nSPS) is 13.6. The van der Waals surface area contributed by atoms with Crippen LogP contribution in [0, 0.1) is 5.82 Å². The Balaban J connectivity index is 2.27. The van der Waals surface area contributed by atoms with Gasteiger partial charge in [0.15, 0.2) is 11.6 Å². The monoisotopic (exact) mass is 222 g/mol. The molecule has 3 N–H and O–H groups in total. The molecule has 1 aromatic heterocycles. The summed E-state index contributed by atoms with van der Waals surface area (Å²) in [5.41, 5.74) is 7.06. The van der Waals surface area contributed by atoms with Crippen molar-refractivity contribution in [1.82, 2.24) is 4.98 Å². The highest BCUT2D eigenvalue weighted by Crippen LogP contribution is 2.40. The Morgan fingerprint density at radius 3 is 3.12 bits per heavy atom. The van der Waals surface area contributed by atoms with E-state index in [1.165, 1.54) is 0 Å². The Labute approximate surface area is 91.1 Å². The largest absolute Gasteiger partial charge is 0.453 e. The van der Waals surface area contributed by atoms with Gasteiger partial charge >= 0.3 is 0 Å². The number of nitrogens with two attached hydrogens (primary N) is 1. The zero-order valence-electron chi connectivity index (χ0n) is 8.55. The third-order valence-corrected chi connectivity index (χ3v) is 2.74. The Hall–Kier alpha value is -1.75. The number of halogens is 1. The summed E-state index contributed by atoms with van der Waals surface area (Å²) < 4.78 is 24.4. The second kappa shape index (κ2) is 3.38. The van der Waals surface area contributed by atoms with Crippen molar-refractivity contribution in [2.45, 2.75) is 6.42 Å². The molecule has 84 valence electrons. The first-order valence-corrected chi connectivity index (χ1v) is 5.09. The molecule has 1 aromatic carbocycles. The van der Waals surface area contributed by atoms with Crippen LogP contribution in [0.5, 0.6) is 11.5 Å². The fourth-order valence-electron chi connectivity index (χ4n) is 2.02. The van der Waals surface area contributed by atoms with E-state index in [1.54, 1.807) is 12.3 Å². The van der Waals surface area contributed by atoms with Gasteiger partial charge in [-0.15, -0.1) is 0 Å². The molecule has 0 spiro atoms. The lowest BCUT2D eigenvalue weighted by atomic mass is 10.1. The third-order valence-electron chi connectivity index (χ3n) is 2.74. The molecule has 0 radical (unpaired) electrons. The molecule has 0 unspecified atom stereocenters. The Kier molecular flexibility index (Phi) is 2.00. The quantitative estimate of drug-likeness (QED) is 0.810. The molecule has 16 heavy (non-hydrogen) atoms. The number of ether oxygens (including phenoxy) is 2. The van der Waals surface area contributed by atoms with Crippen molar-refractivity contribution >= 4 is 10.9 Å². The van der Waals surface area contributed by atoms with Crippen molar-refractivity contribution in [2.24, 2.45) is 5.73 Å². The number of hydrogen-bond donors (Lipinski definition) is 2. The summed E-state index contributed by atoms with van der Waals surface area (Å²) in [4.78, 5) is 3.01. The SMILES string of the molecule is NCCc1c[nH]c2cc3c(c(F)c12)OCO3. The van der Waals surface area contributed by atoms with Gasteiger partial charge in [-0.1, -0.05) is 0 Å². The van der Waals surface area contributed by atoms with Crippen LogP contribution in [0.15, 0.2) is 12.3 Å². The number of benzene rings is 1. The van der Waals surface area contributed by atoms with Crippen LogP contribution in [0.25, 0.3) is 10.9 Å². The van der Waals surface area contributed by atoms with Crippen LogP contribution in [0.4, 0.5) is 4.39 Å². The van der Waals surface area contributed by atoms with Crippen molar-refractivity contribution < 1.29 is 13.9 Å². The summed E-state index contributed by atoms with van der Waals surface area (Å²) in [5, 5.41) is 0.551. The van der Waals surface area contributed by atoms with E-state index < -0.39 is 0 Å². The number of rotatable bonds is 2. The molecule has 0 saturated carbocycles. The third kappa shape index (κ3) is 1.18. The average Bonchev–Trinajstić information content (AvgIpc) is 2.86. The summed E-state index contributed by atoms with van der Waals surface area (Å²) >= 11 is 0. The minimum absolute atomic E-state index is 0.0745. The van der Waals surface area contributed by atoms with Crippen molar-refractivity contribution in [3.05, 3.63) is 23.6 Å². The highest BCUT2D eigenvalue weighted by molar-refractivity contribution is 5.87. The maximum Gasteiger partial charge on any atom is 0.231 e. The van der Waals surface area contributed by atoms with Crippen molar-refractivity contribution in [2.75, 3.05) is 13.3 Å². The molecule has 2 aromatic rings. The molecule has 1 aliphatic heterocycles. The Bertz CT molecular complexity index is 550. The number of aromatic nitrogens is 1. The summed E-state index contributed by atoms with van der Waals surface area (Å²) in [5.74, 6) is 0.284. The zero-order valence-corrected chi connectivity index (χ0v) is 8.55. The van der Waals surface area contributed by atoms with E-state index in [-0.39, 0.29) is 18.4 Å². The first kappa shape index (κ1) is 9.47. The summed E-state index contributed by atoms with van der Waals surface area (Å²) in [6, 6.07) is 1.75. The highest BCUT2D eigenvalue weighted by Gasteiger charge is 2.23. The molecule has 3 rings (SSSR count). The first-order valence-electron chi connectivity index (χ1n) is 5.09. The van der Waals surface area contributed by atoms with Gasteiger partial charge in [0.05, 0.1) is 5.52 Å². The minimum Gasteiger partial charge on any atom is -0.453 e. The van der Waals surface area contributed by atoms with Crippen LogP contribution in [-0.2, 0) is 6.42 Å². The Morgan fingerprint density at radius 2 is 2.31 bits per heavy atom. The van der Waals surface area contributed by atoms with E-state index in [4.69, 9.17) is 15.2 Å². The van der Waals surface area contributed by atoms with Crippen LogP contribution >= 0.6 is 0 Å². The molecule has 0 aliphatic carbocycles. The predicted octanol–water partition coefficient (Wildman–Crippen LogP) is 1.54. The first-order chi connectivity index (χ1) is 7.81. The number of fused-ring (bicyclic) bond motifs is 2. The smallest absolute Gasteiger partial charge is 0.231 e. The van der Waals surface area contributed by atoms with E-state index in [1.807, 2.05) is 0 Å². The average molecular weight is 222 g/mol. The van der Waals surface area contributed by atoms with Gasteiger partial charge in [-0.2, -0.15) is 0 Å². The molecule has 0 bridgehead atoms. The van der Waals surface area contributed by atoms with Gasteiger partial charge in [-0.05, 0) is 18.5 Å². The molecule has 1 aliphatic rings. The fourth-order valence-corrected chi connectivity index (χ4v) is 2.02. The van der Waals surface area contributed by atoms with Crippen LogP contribution < -0.4 is 15.2 Å². The standard InChI is InChI=1S/C11H11FN2O2/c12-10-9-6(1-2-13)4-14-7(9)3-8-11(10)16-5-15-8/h3-4,14H,1-2,5,13H2. The maximum atomic E-state index is 14.1. The topological polar surface area (TPSA) is 60.3 Å². The number of nitrogens with one attached hydrogen (secondary N) is 1. The van der Waals surface area contributed by atoms with Gasteiger partial charge in [0.1, 0.15) is 0 Å². The van der Waals surface area contributed by atoms with Gasteiger partial charge in [-0.25, -0.2) is 4.39 Å². The van der Waals surface area contributed by atoms with E-state index in [0.717, 1.165) is 5.56 Å². The van der Waals surface area contributed by atoms with Gasteiger partial charge < -0.3 is 20.2 Å². The summed E-state index contributed by atoms with van der Waals surface area (Å²) in [7, 11) is 0. The molecular formula is C11H11FN2O2. The Morgan fingerprint density at radius 1 is 1.44 bits per heavy atom. The van der Waals surface area contributed by atoms with Crippen LogP contribution in [-0.4, -0.2) is 18.3 Å². The van der Waals surface area contributed by atoms with Gasteiger partial charge in [-0.3, -0.25) is 0 Å². The van der Waals surface area contributed by atoms with Gasteiger partial charge in [0.25, 0.3) is 0 Å². The second-order valence-electron chi connectivity index (χ2n) is 3.70. The van der Waals surface area contributed by atoms with Crippen LogP contribution in [0.1, 0.15) is 5.56 Å². The van der Waals surface area contributed by atoms with E-state index in [0.29, 0.717) is 29.6 Å². The molecular weight excluding hydrogens is 211 g/mol. The zero-order chi connectivity index (χ0) is 11.1. The predicted molar refractivity (Wildman–Crippen MR) is 57.1 cm³/mol. The fraction of sp³-hybridized carbons (Fsp3) is 0.273. The van der Waals surface area contributed by atoms with Crippen LogP contribution in [0.2, 0.25) is 0 Å². The molecule has 4 nitrogen and oxygen atoms in total. The number of H-pyrrole nitrogens is 1. The molecule has 0 amide bonds. The van der Waals surface area contributed by atoms with E-state index >= 15 is 0 Å². The lowest BCUT2D eigenvalue weighted by Crippen LogP contribution is -2.02. The molecule has 0 fully saturated rings. The maximum absolute atomic E-state index is 14.1. The highest BCUT2D eigenvalue weighted by atomic mass is 19.1. The number of hydrogen-bond acceptors (Lipinski definition) is 3. The molecule has 0 saturated heterocycles. The van der Waals surface area contributed by atoms with Crippen molar-refractivity contribution in [3.63, 3.8) is 0 Å². The van der Waals surface area contributed by atoms with E-state index in [2.05, 4.69) is 4.98 Å². The second-order valence-corrected chi connectivity index (χ2v) is 3.70. The molecule has 0 atom stereocenters. The lowest BCUT2D eigenvalue weighted by Gasteiger charge is -2.01. The molecule has 2 heterocycles. The lowest BCUT2D eigenvalue weighted by molar-refractivity contribution is 0.171. The summed E-state index contributed by atoms with van der Waals surface area (Å²) in [6.45, 7) is 0.561. The van der Waals surface area contributed by atoms with Gasteiger partial charge in [0.2, 0.25) is 12.5 Å². The van der Waals surface area contributed by atoms with Gasteiger partial charge in [0, 0.05) is 17.6 Å². The minimum atomic E-state index is -0.366. The van der Waals surface area contributed by atoms with E-state index in [9.17, 15) is 4.39 Å². The van der Waals surface area contributed by atoms with Crippen molar-refractivity contribution in [1.29, 1.82) is 0 Å². The summed E-state index contributed by atoms with van der Waals surface area (Å²) in [6.07, 6.45) is 2.41.